The van der Waals surface area contributed by atoms with Gasteiger partial charge in [-0.15, -0.1) is 5.10 Å². The zero-order valence-corrected chi connectivity index (χ0v) is 12.6. The Morgan fingerprint density at radius 2 is 1.62 bits per heavy atom. The van der Waals surface area contributed by atoms with E-state index in [1.165, 1.54) is 12.1 Å². The molecule has 0 aliphatic heterocycles. The van der Waals surface area contributed by atoms with Crippen molar-refractivity contribution in [3.8, 4) is 11.1 Å². The van der Waals surface area contributed by atoms with Gasteiger partial charge in [-0.3, -0.25) is 0 Å². The molecule has 0 saturated heterocycles. The van der Waals surface area contributed by atoms with E-state index in [1.54, 1.807) is 18.2 Å². The second kappa shape index (κ2) is 7.73. The molecule has 0 aliphatic carbocycles. The van der Waals surface area contributed by atoms with Crippen LogP contribution in [0.2, 0.25) is 0 Å². The van der Waals surface area contributed by atoms with Gasteiger partial charge in [-0.2, -0.15) is 0 Å². The minimum Gasteiger partial charge on any atom is -0.478 e. The third kappa shape index (κ3) is 4.30. The zero-order chi connectivity index (χ0) is 17.5. The van der Waals surface area contributed by atoms with Gasteiger partial charge in [0.05, 0.1) is 11.1 Å². The number of benzene rings is 2. The molecule has 5 N–H and O–H groups in total. The number of carboxylic acid groups (broad SMARTS) is 2. The molecule has 0 unspecified atom stereocenters. The SMILES string of the molecule is NNN=C=CCc1ccc(-c2cc(C(=O)O)cc(C(=O)O)c2)cc1. The fourth-order valence-electron chi connectivity index (χ4n) is 2.12. The summed E-state index contributed by atoms with van der Waals surface area (Å²) in [6, 6.07) is 11.3. The number of hydrogen-bond donors (Lipinski definition) is 4. The first-order chi connectivity index (χ1) is 11.5. The number of rotatable bonds is 6. The summed E-state index contributed by atoms with van der Waals surface area (Å²) in [5, 5.41) is 21.8. The molecule has 0 fully saturated rings. The number of hydrazone groups is 1. The summed E-state index contributed by atoms with van der Waals surface area (Å²) in [6.45, 7) is 0. The largest absolute Gasteiger partial charge is 0.478 e. The van der Waals surface area contributed by atoms with Gasteiger partial charge in [-0.05, 0) is 47.4 Å². The second-order valence-corrected chi connectivity index (χ2v) is 4.88. The van der Waals surface area contributed by atoms with Crippen molar-refractivity contribution in [2.75, 3.05) is 0 Å². The maximum absolute atomic E-state index is 11.2. The van der Waals surface area contributed by atoms with E-state index < -0.39 is 11.9 Å². The highest BCUT2D eigenvalue weighted by molar-refractivity contribution is 5.96. The molecule has 0 radical (unpaired) electrons. The number of hydrogen-bond acceptors (Lipinski definition) is 5. The van der Waals surface area contributed by atoms with Gasteiger partial charge in [0.25, 0.3) is 0 Å². The highest BCUT2D eigenvalue weighted by atomic mass is 16.4. The van der Waals surface area contributed by atoms with Crippen LogP contribution in [0.3, 0.4) is 0 Å². The van der Waals surface area contributed by atoms with Crippen LogP contribution in [-0.2, 0) is 6.42 Å². The van der Waals surface area contributed by atoms with Crippen LogP contribution >= 0.6 is 0 Å². The van der Waals surface area contributed by atoms with Crippen molar-refractivity contribution in [3.63, 3.8) is 0 Å². The molecule has 0 amide bonds. The Hall–Kier alpha value is -3.41. The Morgan fingerprint density at radius 3 is 2.12 bits per heavy atom. The summed E-state index contributed by atoms with van der Waals surface area (Å²) < 4.78 is 0. The summed E-state index contributed by atoms with van der Waals surface area (Å²) >= 11 is 0. The van der Waals surface area contributed by atoms with Crippen molar-refractivity contribution in [2.45, 2.75) is 6.42 Å². The lowest BCUT2D eigenvalue weighted by atomic mass is 9.98. The fourth-order valence-corrected chi connectivity index (χ4v) is 2.12. The quantitative estimate of drug-likeness (QED) is 0.365. The first-order valence-electron chi connectivity index (χ1n) is 6.95. The normalized spacial score (nSPS) is 9.71. The second-order valence-electron chi connectivity index (χ2n) is 4.88. The van der Waals surface area contributed by atoms with Gasteiger partial charge in [0.2, 0.25) is 0 Å². The molecular weight excluding hydrogens is 310 g/mol. The molecule has 0 bridgehead atoms. The van der Waals surface area contributed by atoms with Crippen LogP contribution < -0.4 is 11.4 Å². The molecule has 24 heavy (non-hydrogen) atoms. The van der Waals surface area contributed by atoms with E-state index in [0.29, 0.717) is 12.0 Å². The van der Waals surface area contributed by atoms with E-state index in [9.17, 15) is 9.59 Å². The molecule has 0 atom stereocenters. The predicted molar refractivity (Wildman–Crippen MR) is 88.8 cm³/mol. The van der Waals surface area contributed by atoms with E-state index >= 15 is 0 Å². The average Bonchev–Trinajstić information content (AvgIpc) is 2.58. The van der Waals surface area contributed by atoms with E-state index in [2.05, 4.69) is 16.5 Å². The Labute approximate surface area is 137 Å². The fraction of sp³-hybridized carbons (Fsp3) is 0.0588. The first kappa shape index (κ1) is 17.0. The van der Waals surface area contributed by atoms with Gasteiger partial charge in [0.15, 0.2) is 0 Å². The number of nitrogens with one attached hydrogen (secondary N) is 1. The van der Waals surface area contributed by atoms with Crippen LogP contribution in [0.4, 0.5) is 0 Å². The number of aromatic carboxylic acids is 2. The number of carboxylic acids is 2. The number of nitrogens with two attached hydrogens (primary N) is 1. The standard InChI is InChI=1S/C17H15N3O4/c18-20-19-7-1-2-11-3-5-12(6-4-11)13-8-14(16(21)22)10-15(9-13)17(23)24/h1,3-6,8-10,20H,2,18H2,(H,21,22)(H,23,24). The smallest absolute Gasteiger partial charge is 0.335 e. The molecule has 0 saturated carbocycles. The Morgan fingerprint density at radius 1 is 1.04 bits per heavy atom. The van der Waals surface area contributed by atoms with E-state index in [-0.39, 0.29) is 11.1 Å². The lowest BCUT2D eigenvalue weighted by Gasteiger charge is -2.07. The van der Waals surface area contributed by atoms with Crippen molar-refractivity contribution >= 4 is 17.8 Å². The van der Waals surface area contributed by atoms with Crippen LogP contribution in [0.25, 0.3) is 11.1 Å². The topological polar surface area (TPSA) is 125 Å². The van der Waals surface area contributed by atoms with Crippen LogP contribution in [0, 0.1) is 0 Å². The number of allylic oxidation sites excluding steroid dienone is 1. The van der Waals surface area contributed by atoms with E-state index in [1.807, 2.05) is 12.1 Å². The Balaban J connectivity index is 2.32. The monoisotopic (exact) mass is 325 g/mol. The molecule has 2 aromatic carbocycles. The zero-order valence-electron chi connectivity index (χ0n) is 12.6. The highest BCUT2D eigenvalue weighted by Gasteiger charge is 2.12. The third-order valence-corrected chi connectivity index (χ3v) is 3.27. The lowest BCUT2D eigenvalue weighted by Crippen LogP contribution is -2.12. The summed E-state index contributed by atoms with van der Waals surface area (Å²) in [5.41, 5.74) is 4.22. The summed E-state index contributed by atoms with van der Waals surface area (Å²) in [5.74, 6) is 5.23. The molecule has 0 aliphatic rings. The molecular formula is C17H15N3O4. The summed E-state index contributed by atoms with van der Waals surface area (Å²) in [4.78, 5) is 22.3. The molecule has 7 heteroatoms. The van der Waals surface area contributed by atoms with Gasteiger partial charge in [0, 0.05) is 5.87 Å². The maximum Gasteiger partial charge on any atom is 0.335 e. The van der Waals surface area contributed by atoms with E-state index in [0.717, 1.165) is 17.2 Å². The van der Waals surface area contributed by atoms with Crippen LogP contribution in [0.15, 0.2) is 53.6 Å². The summed E-state index contributed by atoms with van der Waals surface area (Å²) in [6.07, 6.45) is 2.30. The number of carbonyl (C=O) groups is 2. The molecule has 0 heterocycles. The third-order valence-electron chi connectivity index (χ3n) is 3.27. The van der Waals surface area contributed by atoms with Gasteiger partial charge < -0.3 is 10.2 Å². The van der Waals surface area contributed by atoms with Gasteiger partial charge >= 0.3 is 11.9 Å². The van der Waals surface area contributed by atoms with Crippen LogP contribution in [-0.4, -0.2) is 28.0 Å². The van der Waals surface area contributed by atoms with Crippen LogP contribution in [0.5, 0.6) is 0 Å². The van der Waals surface area contributed by atoms with Crippen LogP contribution in [0.1, 0.15) is 26.3 Å². The first-order valence-corrected chi connectivity index (χ1v) is 6.95. The predicted octanol–water partition coefficient (Wildman–Crippen LogP) is 1.90. The van der Waals surface area contributed by atoms with Gasteiger partial charge in [-0.25, -0.2) is 21.0 Å². The van der Waals surface area contributed by atoms with Crippen molar-refractivity contribution in [1.29, 1.82) is 0 Å². The summed E-state index contributed by atoms with van der Waals surface area (Å²) in [7, 11) is 0. The van der Waals surface area contributed by atoms with Crippen molar-refractivity contribution < 1.29 is 19.8 Å². The molecule has 0 aromatic heterocycles. The maximum atomic E-state index is 11.2. The highest BCUT2D eigenvalue weighted by Crippen LogP contribution is 2.23. The molecule has 2 aromatic rings. The van der Waals surface area contributed by atoms with Gasteiger partial charge in [0.1, 0.15) is 0 Å². The average molecular weight is 325 g/mol. The Bertz CT molecular complexity index is 790. The molecule has 2 rings (SSSR count). The van der Waals surface area contributed by atoms with Crippen molar-refractivity contribution in [2.24, 2.45) is 10.9 Å². The molecule has 122 valence electrons. The molecule has 7 nitrogen and oxygen atoms in total. The Kier molecular flexibility index (Phi) is 5.46. The minimum absolute atomic E-state index is 0.0672. The van der Waals surface area contributed by atoms with Gasteiger partial charge in [-0.1, -0.05) is 24.3 Å². The van der Waals surface area contributed by atoms with Crippen molar-refractivity contribution in [1.82, 2.24) is 5.53 Å². The number of hydrazine groups is 1. The van der Waals surface area contributed by atoms with E-state index in [4.69, 9.17) is 16.1 Å². The minimum atomic E-state index is -1.17. The van der Waals surface area contributed by atoms with Crippen molar-refractivity contribution in [3.05, 3.63) is 65.2 Å². The lowest BCUT2D eigenvalue weighted by molar-refractivity contribution is 0.0696. The number of nitrogens with zero attached hydrogens (tertiary/aromatic N) is 1. The molecule has 0 spiro atoms.